The van der Waals surface area contributed by atoms with Crippen LogP contribution in [0.5, 0.6) is 0 Å². The number of rotatable bonds is 13. The number of aromatic nitrogens is 10. The van der Waals surface area contributed by atoms with Crippen LogP contribution in [0.4, 0.5) is 35.7 Å². The van der Waals surface area contributed by atoms with Gasteiger partial charge in [-0.25, -0.2) is 15.2 Å². The minimum Gasteiger partial charge on any atom is -0.309 e. The fourth-order valence-electron chi connectivity index (χ4n) is 2.29. The smallest absolute Gasteiger partial charge is 0.271 e. The van der Waals surface area contributed by atoms with E-state index in [0.717, 1.165) is 26.2 Å². The first-order valence-electron chi connectivity index (χ1n) is 10.3. The van der Waals surface area contributed by atoms with Crippen LogP contribution in [0.1, 0.15) is 27.7 Å². The Morgan fingerprint density at radius 1 is 0.818 bits per heavy atom. The molecule has 0 amide bonds. The molecule has 0 aliphatic rings. The molecule has 18 heteroatoms. The molecule has 0 aliphatic carbocycles. The highest BCUT2D eigenvalue weighted by Crippen LogP contribution is 2.12. The van der Waals surface area contributed by atoms with Gasteiger partial charge in [0.1, 0.15) is 6.34 Å². The molecule has 0 spiro atoms. The van der Waals surface area contributed by atoms with Crippen molar-refractivity contribution in [1.29, 1.82) is 0 Å². The fourth-order valence-corrected chi connectivity index (χ4v) is 2.29. The quantitative estimate of drug-likeness (QED) is 0.104. The molecule has 0 saturated carbocycles. The van der Waals surface area contributed by atoms with Crippen molar-refractivity contribution in [3.05, 3.63) is 0 Å². The Balaban J connectivity index is 1.52. The molecule has 0 bridgehead atoms. The minimum absolute atomic E-state index is 0.0946. The second kappa shape index (κ2) is 11.9. The number of H-pyrrole nitrogens is 2. The zero-order valence-corrected chi connectivity index (χ0v) is 18.7. The maximum atomic E-state index is 4.16. The number of hydrogen-bond donors (Lipinski definition) is 5. The van der Waals surface area contributed by atoms with Gasteiger partial charge in [-0.05, 0) is 13.8 Å². The highest BCUT2D eigenvalue weighted by molar-refractivity contribution is 5.58. The minimum atomic E-state index is 0.0946. The van der Waals surface area contributed by atoms with Crippen LogP contribution < -0.4 is 16.1 Å². The number of aliphatic imine (C=N–C) groups is 1. The zero-order valence-electron chi connectivity index (χ0n) is 18.7. The van der Waals surface area contributed by atoms with Crippen LogP contribution in [0.3, 0.4) is 0 Å². The summed E-state index contributed by atoms with van der Waals surface area (Å²) >= 11 is 0. The van der Waals surface area contributed by atoms with Crippen LogP contribution in [0.25, 0.3) is 0 Å². The first-order valence-corrected chi connectivity index (χ1v) is 10.3. The Morgan fingerprint density at radius 2 is 1.52 bits per heavy atom. The van der Waals surface area contributed by atoms with E-state index in [4.69, 9.17) is 0 Å². The average molecular weight is 458 g/mol. The van der Waals surface area contributed by atoms with Crippen LogP contribution in [0.2, 0.25) is 0 Å². The third kappa shape index (κ3) is 7.09. The Kier molecular flexibility index (Phi) is 8.40. The van der Waals surface area contributed by atoms with Gasteiger partial charge in [0, 0.05) is 26.2 Å². The predicted molar refractivity (Wildman–Crippen MR) is 119 cm³/mol. The van der Waals surface area contributed by atoms with Crippen LogP contribution in [0.15, 0.2) is 15.3 Å². The molecule has 3 rings (SSSR count). The Labute approximate surface area is 188 Å². The maximum absolute atomic E-state index is 4.16. The third-order valence-electron chi connectivity index (χ3n) is 4.06. The van der Waals surface area contributed by atoms with Crippen LogP contribution in [-0.2, 0) is 0 Å². The summed E-state index contributed by atoms with van der Waals surface area (Å²) in [6.07, 6.45) is 1.51. The lowest BCUT2D eigenvalue weighted by Crippen LogP contribution is -2.36. The number of aromatic amines is 2. The van der Waals surface area contributed by atoms with Crippen LogP contribution in [-0.4, -0.2) is 93.3 Å². The van der Waals surface area contributed by atoms with Gasteiger partial charge in [-0.3, -0.25) is 15.6 Å². The summed E-state index contributed by atoms with van der Waals surface area (Å²) in [6, 6.07) is 0. The van der Waals surface area contributed by atoms with E-state index in [1.165, 1.54) is 6.34 Å². The van der Waals surface area contributed by atoms with Crippen molar-refractivity contribution >= 4 is 42.0 Å². The van der Waals surface area contributed by atoms with Gasteiger partial charge in [0.25, 0.3) is 29.7 Å². The van der Waals surface area contributed by atoms with E-state index in [-0.39, 0.29) is 35.7 Å². The maximum Gasteiger partial charge on any atom is 0.271 e. The molecule has 176 valence electrons. The molecular weight excluding hydrogens is 432 g/mol. The number of hydrazine groups is 1. The first kappa shape index (κ1) is 23.3. The number of nitrogens with zero attached hydrogens (tertiary/aromatic N) is 13. The number of hydrogen-bond acceptors (Lipinski definition) is 14. The van der Waals surface area contributed by atoms with E-state index in [1.54, 1.807) is 5.01 Å². The second-order valence-corrected chi connectivity index (χ2v) is 6.15. The summed E-state index contributed by atoms with van der Waals surface area (Å²) in [5.74, 6) is 1.15. The van der Waals surface area contributed by atoms with Gasteiger partial charge in [-0.2, -0.15) is 15.0 Å². The standard InChI is InChI=1S/C15H26N18/c1-5-32(6-2)17-9-16-10-18-11(23-22-10)19-13-25-27-14(28-26-13)20-12-21-15(29-24-12)30-31-33(7-3)8-4/h9H,5-8H2,1-4H3,(H2,20,21,24,27,28,29)(H3,16,17,18,19,22,23,25,26). The molecule has 3 heterocycles. The number of anilines is 4. The van der Waals surface area contributed by atoms with Gasteiger partial charge in [0.2, 0.25) is 5.95 Å². The lowest BCUT2D eigenvalue weighted by atomic mass is 10.6. The molecule has 0 radical (unpaired) electrons. The normalized spacial score (nSPS) is 11.5. The molecule has 0 unspecified atom stereocenters. The highest BCUT2D eigenvalue weighted by atomic mass is 15.6. The van der Waals surface area contributed by atoms with Gasteiger partial charge in [-0.15, -0.1) is 30.6 Å². The summed E-state index contributed by atoms with van der Waals surface area (Å²) in [4.78, 5) is 12.4. The van der Waals surface area contributed by atoms with E-state index in [9.17, 15) is 0 Å². The first-order chi connectivity index (χ1) is 16.1. The van der Waals surface area contributed by atoms with E-state index < -0.39 is 0 Å². The Bertz CT molecular complexity index is 1010. The highest BCUT2D eigenvalue weighted by Gasteiger charge is 2.09. The molecule has 5 N–H and O–H groups in total. The Hall–Kier alpha value is -4.35. The molecule has 0 fully saturated rings. The second-order valence-electron chi connectivity index (χ2n) is 6.15. The molecule has 0 atom stereocenters. The lowest BCUT2D eigenvalue weighted by Gasteiger charge is -2.16. The van der Waals surface area contributed by atoms with Crippen molar-refractivity contribution in [2.75, 3.05) is 36.8 Å². The van der Waals surface area contributed by atoms with Gasteiger partial charge in [0.15, 0.2) is 0 Å². The van der Waals surface area contributed by atoms with Gasteiger partial charge >= 0.3 is 0 Å². The summed E-state index contributed by atoms with van der Waals surface area (Å²) < 4.78 is 0. The monoisotopic (exact) mass is 458 g/mol. The topological polar surface area (TPSA) is 214 Å². The molecular formula is C15H26N18. The van der Waals surface area contributed by atoms with Gasteiger partial charge in [-0.1, -0.05) is 24.2 Å². The molecule has 0 aliphatic heterocycles. The molecule has 18 nitrogen and oxygen atoms in total. The van der Waals surface area contributed by atoms with E-state index in [2.05, 4.69) is 82.1 Å². The third-order valence-corrected chi connectivity index (χ3v) is 4.06. The van der Waals surface area contributed by atoms with Gasteiger partial charge in [0.05, 0.1) is 0 Å². The van der Waals surface area contributed by atoms with Gasteiger partial charge < -0.3 is 5.43 Å². The Morgan fingerprint density at radius 3 is 2.18 bits per heavy atom. The van der Waals surface area contributed by atoms with Crippen molar-refractivity contribution in [2.45, 2.75) is 27.7 Å². The van der Waals surface area contributed by atoms with Crippen LogP contribution in [0, 0.1) is 0 Å². The zero-order chi connectivity index (χ0) is 23.5. The molecule has 3 aromatic rings. The van der Waals surface area contributed by atoms with E-state index in [0.29, 0.717) is 0 Å². The van der Waals surface area contributed by atoms with Crippen molar-refractivity contribution < 1.29 is 0 Å². The van der Waals surface area contributed by atoms with Crippen molar-refractivity contribution in [1.82, 2.24) is 66.2 Å². The molecule has 0 saturated heterocycles. The van der Waals surface area contributed by atoms with Crippen molar-refractivity contribution in [3.63, 3.8) is 0 Å². The van der Waals surface area contributed by atoms with Crippen molar-refractivity contribution in [2.24, 2.45) is 15.3 Å². The SMILES string of the molecule is CCN(CC)N=Nc1nc(Nc2nnc(Nc3nc(N=CNN(CC)CC)n[nH]3)nn2)n[nH]1. The lowest BCUT2D eigenvalue weighted by molar-refractivity contribution is 0.266. The molecule has 33 heavy (non-hydrogen) atoms. The molecule has 0 aromatic carbocycles. The summed E-state index contributed by atoms with van der Waals surface area (Å²) in [5, 5.41) is 46.2. The van der Waals surface area contributed by atoms with E-state index in [1.807, 2.05) is 32.7 Å². The predicted octanol–water partition coefficient (Wildman–Crippen LogP) is 0.837. The largest absolute Gasteiger partial charge is 0.309 e. The summed E-state index contributed by atoms with van der Waals surface area (Å²) in [5.41, 5.74) is 3.02. The van der Waals surface area contributed by atoms with Crippen molar-refractivity contribution in [3.8, 4) is 0 Å². The number of nitrogens with one attached hydrogen (secondary N) is 5. The average Bonchev–Trinajstić information content (AvgIpc) is 3.48. The summed E-state index contributed by atoms with van der Waals surface area (Å²) in [6.45, 7) is 11.2. The summed E-state index contributed by atoms with van der Waals surface area (Å²) in [7, 11) is 0. The van der Waals surface area contributed by atoms with Crippen LogP contribution >= 0.6 is 0 Å². The fraction of sp³-hybridized carbons (Fsp3) is 0.533. The van der Waals surface area contributed by atoms with E-state index >= 15 is 0 Å². The molecule has 3 aromatic heterocycles.